The lowest BCUT2D eigenvalue weighted by molar-refractivity contribution is 0.0891. The summed E-state index contributed by atoms with van der Waals surface area (Å²) in [7, 11) is 0. The van der Waals surface area contributed by atoms with Crippen LogP contribution < -0.4 is 5.73 Å². The van der Waals surface area contributed by atoms with Gasteiger partial charge in [-0.2, -0.15) is 11.3 Å². The van der Waals surface area contributed by atoms with Crippen LogP contribution in [0.15, 0.2) is 22.2 Å². The van der Waals surface area contributed by atoms with Gasteiger partial charge < -0.3 is 5.73 Å². The van der Waals surface area contributed by atoms with Gasteiger partial charge in [0, 0.05) is 42.0 Å². The fourth-order valence-electron chi connectivity index (χ4n) is 2.75. The van der Waals surface area contributed by atoms with Crippen LogP contribution in [0.2, 0.25) is 0 Å². The molecular formula is C15H21N3S2. The van der Waals surface area contributed by atoms with Crippen molar-refractivity contribution in [2.45, 2.75) is 32.9 Å². The first-order chi connectivity index (χ1) is 9.54. The van der Waals surface area contributed by atoms with Crippen LogP contribution >= 0.6 is 22.7 Å². The Morgan fingerprint density at radius 3 is 3.00 bits per heavy atom. The molecule has 3 nitrogen and oxygen atoms in total. The molecule has 1 saturated heterocycles. The molecule has 0 saturated carbocycles. The number of hydrogen-bond donors (Lipinski definition) is 1. The number of nitrogens with two attached hydrogens (primary N) is 1. The molecule has 1 unspecified atom stereocenters. The van der Waals surface area contributed by atoms with E-state index < -0.39 is 0 Å². The lowest BCUT2D eigenvalue weighted by atomic mass is 9.80. The Balaban J connectivity index is 1.67. The molecule has 0 bridgehead atoms. The topological polar surface area (TPSA) is 42.2 Å². The van der Waals surface area contributed by atoms with E-state index in [0.29, 0.717) is 6.04 Å². The van der Waals surface area contributed by atoms with Crippen molar-refractivity contribution >= 4 is 22.7 Å². The normalized spacial score (nSPS) is 23.1. The fraction of sp³-hybridized carbons (Fsp3) is 0.533. The zero-order valence-corrected chi connectivity index (χ0v) is 13.6. The highest BCUT2D eigenvalue weighted by molar-refractivity contribution is 7.14. The van der Waals surface area contributed by atoms with E-state index in [0.717, 1.165) is 31.1 Å². The van der Waals surface area contributed by atoms with Gasteiger partial charge in [0.2, 0.25) is 0 Å². The number of thiazole rings is 1. The second kappa shape index (κ2) is 5.56. The summed E-state index contributed by atoms with van der Waals surface area (Å²) in [6.07, 6.45) is 1.08. The van der Waals surface area contributed by atoms with Gasteiger partial charge in [-0.15, -0.1) is 11.3 Å². The SMILES string of the molecule is CC1(C)CN(Cc2csc(-c3ccsc3)n2)CCC1N. The van der Waals surface area contributed by atoms with Gasteiger partial charge in [-0.3, -0.25) is 4.90 Å². The van der Waals surface area contributed by atoms with Crippen molar-refractivity contribution in [3.63, 3.8) is 0 Å². The number of nitrogens with zero attached hydrogens (tertiary/aromatic N) is 2. The van der Waals surface area contributed by atoms with Crippen LogP contribution in [0, 0.1) is 5.41 Å². The van der Waals surface area contributed by atoms with Gasteiger partial charge >= 0.3 is 0 Å². The predicted molar refractivity (Wildman–Crippen MR) is 87.1 cm³/mol. The van der Waals surface area contributed by atoms with E-state index in [4.69, 9.17) is 10.7 Å². The van der Waals surface area contributed by atoms with Gasteiger partial charge in [-0.25, -0.2) is 4.98 Å². The minimum absolute atomic E-state index is 0.199. The number of thiophene rings is 1. The zero-order chi connectivity index (χ0) is 14.2. The quantitative estimate of drug-likeness (QED) is 0.944. The monoisotopic (exact) mass is 307 g/mol. The summed E-state index contributed by atoms with van der Waals surface area (Å²) in [5, 5.41) is 7.58. The van der Waals surface area contributed by atoms with Gasteiger partial charge in [-0.1, -0.05) is 13.8 Å². The number of hydrogen-bond acceptors (Lipinski definition) is 5. The van der Waals surface area contributed by atoms with Crippen molar-refractivity contribution < 1.29 is 0 Å². The Hall–Kier alpha value is -0.750. The summed E-state index contributed by atoms with van der Waals surface area (Å²) in [5.74, 6) is 0. The predicted octanol–water partition coefficient (Wildman–Crippen LogP) is 3.43. The Morgan fingerprint density at radius 1 is 1.45 bits per heavy atom. The summed E-state index contributed by atoms with van der Waals surface area (Å²) in [4.78, 5) is 7.25. The molecule has 0 amide bonds. The highest BCUT2D eigenvalue weighted by Crippen LogP contribution is 2.30. The molecule has 2 N–H and O–H groups in total. The molecule has 3 rings (SSSR count). The maximum absolute atomic E-state index is 6.20. The Labute approximate surface area is 128 Å². The standard InChI is InChI=1S/C15H21N3S2/c1-15(2)10-18(5-3-13(15)16)7-12-9-20-14(17-12)11-4-6-19-8-11/h4,6,8-9,13H,3,5,7,10,16H2,1-2H3. The minimum Gasteiger partial charge on any atom is -0.327 e. The van der Waals surface area contributed by atoms with Gasteiger partial charge in [-0.05, 0) is 23.3 Å². The molecular weight excluding hydrogens is 286 g/mol. The van der Waals surface area contributed by atoms with E-state index in [9.17, 15) is 0 Å². The maximum Gasteiger partial charge on any atom is 0.124 e. The molecule has 1 atom stereocenters. The van der Waals surface area contributed by atoms with E-state index in [1.54, 1.807) is 22.7 Å². The maximum atomic E-state index is 6.20. The Bertz CT molecular complexity index is 559. The van der Waals surface area contributed by atoms with Crippen LogP contribution in [0.1, 0.15) is 26.0 Å². The smallest absolute Gasteiger partial charge is 0.124 e. The van der Waals surface area contributed by atoms with Gasteiger partial charge in [0.05, 0.1) is 5.69 Å². The van der Waals surface area contributed by atoms with Crippen LogP contribution in [0.5, 0.6) is 0 Å². The third-order valence-electron chi connectivity index (χ3n) is 4.10. The van der Waals surface area contributed by atoms with E-state index in [1.165, 1.54) is 11.3 Å². The number of piperidine rings is 1. The van der Waals surface area contributed by atoms with Crippen molar-refractivity contribution in [1.82, 2.24) is 9.88 Å². The number of likely N-dealkylation sites (tertiary alicyclic amines) is 1. The van der Waals surface area contributed by atoms with Crippen molar-refractivity contribution in [2.24, 2.45) is 11.1 Å². The Kier molecular flexibility index (Phi) is 3.95. The lowest BCUT2D eigenvalue weighted by Gasteiger charge is -2.42. The molecule has 0 spiro atoms. The van der Waals surface area contributed by atoms with E-state index in [-0.39, 0.29) is 5.41 Å². The highest BCUT2D eigenvalue weighted by Gasteiger charge is 2.33. The van der Waals surface area contributed by atoms with Gasteiger partial charge in [0.25, 0.3) is 0 Å². The van der Waals surface area contributed by atoms with Crippen molar-refractivity contribution in [1.29, 1.82) is 0 Å². The zero-order valence-electron chi connectivity index (χ0n) is 12.0. The third kappa shape index (κ3) is 2.96. The molecule has 108 valence electrons. The number of aromatic nitrogens is 1. The van der Waals surface area contributed by atoms with Crippen LogP contribution in [-0.2, 0) is 6.54 Å². The summed E-state index contributed by atoms with van der Waals surface area (Å²) >= 11 is 3.46. The second-order valence-electron chi connectivity index (χ2n) is 6.25. The summed E-state index contributed by atoms with van der Waals surface area (Å²) in [5.41, 5.74) is 8.82. The molecule has 0 radical (unpaired) electrons. The summed E-state index contributed by atoms with van der Waals surface area (Å²) in [6, 6.07) is 2.45. The van der Waals surface area contributed by atoms with Crippen molar-refractivity contribution in [2.75, 3.05) is 13.1 Å². The first kappa shape index (κ1) is 14.2. The molecule has 0 aliphatic carbocycles. The average Bonchev–Trinajstić information content (AvgIpc) is 3.03. The molecule has 0 aromatic carbocycles. The van der Waals surface area contributed by atoms with Crippen LogP contribution in [-0.4, -0.2) is 29.0 Å². The fourth-order valence-corrected chi connectivity index (χ4v) is 4.27. The second-order valence-corrected chi connectivity index (χ2v) is 7.89. The minimum atomic E-state index is 0.199. The van der Waals surface area contributed by atoms with Gasteiger partial charge in [0.15, 0.2) is 0 Å². The van der Waals surface area contributed by atoms with E-state index in [2.05, 4.69) is 41.0 Å². The van der Waals surface area contributed by atoms with Crippen molar-refractivity contribution in [3.05, 3.63) is 27.9 Å². The van der Waals surface area contributed by atoms with E-state index in [1.807, 2.05) is 0 Å². The molecule has 1 aliphatic heterocycles. The largest absolute Gasteiger partial charge is 0.327 e. The molecule has 5 heteroatoms. The van der Waals surface area contributed by atoms with Crippen LogP contribution in [0.25, 0.3) is 10.6 Å². The summed E-state index contributed by atoms with van der Waals surface area (Å²) < 4.78 is 0. The molecule has 2 aromatic heterocycles. The van der Waals surface area contributed by atoms with Crippen molar-refractivity contribution in [3.8, 4) is 10.6 Å². The van der Waals surface area contributed by atoms with Crippen LogP contribution in [0.4, 0.5) is 0 Å². The Morgan fingerprint density at radius 2 is 2.30 bits per heavy atom. The first-order valence-corrected chi connectivity index (χ1v) is 8.82. The molecule has 3 heterocycles. The summed E-state index contributed by atoms with van der Waals surface area (Å²) in [6.45, 7) is 7.61. The lowest BCUT2D eigenvalue weighted by Crippen LogP contribution is -2.52. The van der Waals surface area contributed by atoms with E-state index >= 15 is 0 Å². The number of rotatable bonds is 3. The highest BCUT2D eigenvalue weighted by atomic mass is 32.1. The average molecular weight is 307 g/mol. The molecule has 2 aromatic rings. The first-order valence-electron chi connectivity index (χ1n) is 6.99. The molecule has 1 aliphatic rings. The molecule has 20 heavy (non-hydrogen) atoms. The van der Waals surface area contributed by atoms with Crippen LogP contribution in [0.3, 0.4) is 0 Å². The molecule has 1 fully saturated rings. The van der Waals surface area contributed by atoms with Gasteiger partial charge in [0.1, 0.15) is 5.01 Å². The third-order valence-corrected chi connectivity index (χ3v) is 5.72.